The van der Waals surface area contributed by atoms with Crippen LogP contribution in [0.4, 0.5) is 0 Å². The fourth-order valence-corrected chi connectivity index (χ4v) is 11.0. The van der Waals surface area contributed by atoms with E-state index in [2.05, 4.69) is 142 Å². The summed E-state index contributed by atoms with van der Waals surface area (Å²) in [4.78, 5) is 17.5. The number of aryl methyl sites for hydroxylation is 3. The second-order valence-electron chi connectivity index (χ2n) is 20.3. The van der Waals surface area contributed by atoms with Crippen molar-refractivity contribution in [2.24, 2.45) is 0 Å². The molecule has 4 aromatic heterocycles. The minimum Gasteiger partial charge on any atom is -0.423 e. The van der Waals surface area contributed by atoms with E-state index in [9.17, 15) is 0 Å². The number of hydrogen-bond acceptors (Lipinski definition) is 6. The quantitative estimate of drug-likeness (QED) is 0.0938. The van der Waals surface area contributed by atoms with Gasteiger partial charge in [-0.15, -0.1) is 71.2 Å². The summed E-state index contributed by atoms with van der Waals surface area (Å²) >= 11 is 5.93. The van der Waals surface area contributed by atoms with E-state index in [4.69, 9.17) is 32.1 Å². The molecule has 2 N–H and O–H groups in total. The van der Waals surface area contributed by atoms with E-state index >= 15 is 0 Å². The van der Waals surface area contributed by atoms with Gasteiger partial charge < -0.3 is 20.0 Å². The number of pyridine rings is 4. The van der Waals surface area contributed by atoms with E-state index in [1.54, 1.807) is 42.7 Å². The van der Waals surface area contributed by atoms with Crippen molar-refractivity contribution in [1.29, 1.82) is 0 Å². The number of fused-ring (bicyclic) bond motifs is 3. The molecule has 0 spiro atoms. The minimum atomic E-state index is -1.41. The first-order valence-corrected chi connectivity index (χ1v) is 28.7. The summed E-state index contributed by atoms with van der Waals surface area (Å²) in [6.07, 6.45) is 22.0. The minimum absolute atomic E-state index is 0. The molecule has 0 atom stereocenters. The van der Waals surface area contributed by atoms with Crippen LogP contribution in [0.5, 0.6) is 0 Å². The van der Waals surface area contributed by atoms with Crippen molar-refractivity contribution < 1.29 is 35.6 Å². The third kappa shape index (κ3) is 16.4. The van der Waals surface area contributed by atoms with Crippen molar-refractivity contribution in [2.45, 2.75) is 77.0 Å². The van der Waals surface area contributed by atoms with E-state index in [0.717, 1.165) is 41.6 Å². The molecule has 0 saturated heterocycles. The summed E-state index contributed by atoms with van der Waals surface area (Å²) in [5.74, 6) is 0. The first-order valence-electron chi connectivity index (χ1n) is 30.3. The predicted molar refractivity (Wildman–Crippen MR) is 338 cm³/mol. The van der Waals surface area contributed by atoms with Crippen LogP contribution in [0, 0.1) is 12.1 Å². The molecule has 6 nitrogen and oxygen atoms in total. The molecule has 9 heteroatoms. The summed E-state index contributed by atoms with van der Waals surface area (Å²) in [6.45, 7) is 0. The standard InChI is InChI=1S/C21H19N.C21H18N.C12H11BO2.C11H8N.C9H10ClN.Ir/c2*1-2-7-16(8-3-1)18-10-6-11-19(15-18)21-20-12-5-4-9-17(20)13-14-22-21;14-13(15)12-8-4-7-11(9-12)10-5-2-1-3-6-10;1-2-6-10(7-3-1)11-8-4-5-9-12-11;10-9-8-4-2-1-3-7(8)5-6-11-9;/h1-3,6-8,10-11,13-15H,4-5,9,12H2;1-3,6-8,10,13-15H,4-5,9,12H2;1-9,14-15H;1-6,8-9H;5-6H,1-4H2;/q;-1;;-1;;/i;;;1D,2D,3D,6D;;. The van der Waals surface area contributed by atoms with Gasteiger partial charge in [0.2, 0.25) is 0 Å². The maximum atomic E-state index is 9.05. The third-order valence-corrected chi connectivity index (χ3v) is 15.2. The Balaban J connectivity index is 0.000000132. The molecule has 0 saturated carbocycles. The number of rotatable bonds is 7. The summed E-state index contributed by atoms with van der Waals surface area (Å²) in [5.41, 5.74) is 21.5. The van der Waals surface area contributed by atoms with Crippen LogP contribution >= 0.6 is 11.6 Å². The van der Waals surface area contributed by atoms with Crippen molar-refractivity contribution in [1.82, 2.24) is 19.9 Å². The van der Waals surface area contributed by atoms with Gasteiger partial charge >= 0.3 is 7.12 Å². The molecule has 415 valence electrons. The summed E-state index contributed by atoms with van der Waals surface area (Å²) in [7, 11) is -1.41. The molecule has 14 rings (SSSR count). The average molecular weight is 1290 g/mol. The maximum Gasteiger partial charge on any atom is 0.488 e. The van der Waals surface area contributed by atoms with Crippen molar-refractivity contribution in [3.63, 3.8) is 0 Å². The van der Waals surface area contributed by atoms with Gasteiger partial charge in [-0.25, -0.2) is 4.98 Å². The number of aromatic nitrogens is 4. The van der Waals surface area contributed by atoms with Gasteiger partial charge in [0.25, 0.3) is 0 Å². The van der Waals surface area contributed by atoms with Crippen molar-refractivity contribution >= 4 is 24.2 Å². The van der Waals surface area contributed by atoms with E-state index in [-0.39, 0.29) is 44.3 Å². The van der Waals surface area contributed by atoms with Crippen LogP contribution in [0.1, 0.15) is 77.4 Å². The number of nitrogens with zero attached hydrogens (tertiary/aromatic N) is 4. The summed E-state index contributed by atoms with van der Waals surface area (Å²) in [6, 6.07) is 70.1. The Hall–Kier alpha value is -7.94. The second kappa shape index (κ2) is 30.9. The Morgan fingerprint density at radius 1 is 0.410 bits per heavy atom. The molecular weight excluding hydrogens is 1220 g/mol. The largest absolute Gasteiger partial charge is 0.488 e. The van der Waals surface area contributed by atoms with Gasteiger partial charge in [0.15, 0.2) is 0 Å². The van der Waals surface area contributed by atoms with Gasteiger partial charge in [0.05, 0.1) is 5.69 Å². The van der Waals surface area contributed by atoms with Gasteiger partial charge in [-0.05, 0) is 177 Å². The monoisotopic (exact) mass is 1290 g/mol. The van der Waals surface area contributed by atoms with Crippen LogP contribution in [0.15, 0.2) is 243 Å². The second-order valence-corrected chi connectivity index (χ2v) is 20.7. The summed E-state index contributed by atoms with van der Waals surface area (Å²) < 4.78 is 30.1. The molecule has 3 aliphatic rings. The van der Waals surface area contributed by atoms with E-state index in [1.807, 2.05) is 60.9 Å². The van der Waals surface area contributed by atoms with Gasteiger partial charge in [-0.3, -0.25) is 4.98 Å². The number of halogens is 1. The first kappa shape index (κ1) is 54.3. The van der Waals surface area contributed by atoms with Crippen molar-refractivity contribution in [3.05, 3.63) is 294 Å². The molecule has 11 aromatic rings. The SMILES string of the molecule is Clc1nccc2c1CCCC2.OB(O)c1cccc(-c2ccccc2)c1.[2H]c1[c-]c(-c2ccccn2)c([2H])c([2H])c1[2H].[Ir].[c-]1ccc(-c2ccccc2)cc1-c1nccc2c1CCCC2.c1ccc(-c2cccc(-c3nccc4c3CCCC4)c2)cc1. The van der Waals surface area contributed by atoms with Crippen LogP contribution in [0.25, 0.3) is 67.2 Å². The van der Waals surface area contributed by atoms with Crippen molar-refractivity contribution in [2.75, 3.05) is 0 Å². The molecule has 3 aliphatic carbocycles. The average Bonchev–Trinajstić information content (AvgIpc) is 3.62. The zero-order chi connectivity index (χ0) is 59.6. The van der Waals surface area contributed by atoms with E-state index in [1.165, 1.54) is 125 Å². The number of benzene rings is 7. The van der Waals surface area contributed by atoms with Crippen LogP contribution in [0.3, 0.4) is 0 Å². The molecule has 7 aromatic carbocycles. The Morgan fingerprint density at radius 2 is 0.904 bits per heavy atom. The molecule has 0 amide bonds. The Morgan fingerprint density at radius 3 is 1.49 bits per heavy atom. The molecule has 0 aliphatic heterocycles. The van der Waals surface area contributed by atoms with E-state index in [0.29, 0.717) is 21.9 Å². The Bertz CT molecular complexity index is 3880. The Labute approximate surface area is 514 Å². The van der Waals surface area contributed by atoms with Crippen LogP contribution < -0.4 is 5.46 Å². The van der Waals surface area contributed by atoms with Crippen LogP contribution in [-0.4, -0.2) is 37.1 Å². The normalized spacial score (nSPS) is 13.2. The molecule has 4 heterocycles. The molecule has 83 heavy (non-hydrogen) atoms. The van der Waals surface area contributed by atoms with E-state index < -0.39 is 7.12 Å². The van der Waals surface area contributed by atoms with Gasteiger partial charge in [-0.2, -0.15) is 0 Å². The summed E-state index contributed by atoms with van der Waals surface area (Å²) in [5, 5.41) is 18.8. The Kier molecular flexibility index (Phi) is 20.2. The van der Waals surface area contributed by atoms with Crippen molar-refractivity contribution in [3.8, 4) is 67.2 Å². The van der Waals surface area contributed by atoms with Crippen LogP contribution in [0.2, 0.25) is 5.15 Å². The topological polar surface area (TPSA) is 92.0 Å². The number of hydrogen-bond donors (Lipinski definition) is 2. The first-order chi connectivity index (χ1) is 42.1. The maximum absolute atomic E-state index is 9.05. The molecule has 0 fully saturated rings. The fraction of sp³-hybridized carbons (Fsp3) is 0.162. The zero-order valence-corrected chi connectivity index (χ0v) is 49.4. The molecule has 1 radical (unpaired) electrons. The zero-order valence-electron chi connectivity index (χ0n) is 50.2. The fourth-order valence-electron chi connectivity index (χ4n) is 10.7. The molecule has 0 unspecified atom stereocenters. The molecular formula is C74H66BClIrN4O2-2. The third-order valence-electron chi connectivity index (χ3n) is 14.9. The molecule has 0 bridgehead atoms. The van der Waals surface area contributed by atoms with Gasteiger partial charge in [-0.1, -0.05) is 168 Å². The van der Waals surface area contributed by atoms with Gasteiger partial charge in [0, 0.05) is 53.2 Å². The predicted octanol–water partition coefficient (Wildman–Crippen LogP) is 16.6. The van der Waals surface area contributed by atoms with Gasteiger partial charge in [0.1, 0.15) is 5.15 Å². The smallest absolute Gasteiger partial charge is 0.423 e. The van der Waals surface area contributed by atoms with Crippen LogP contribution in [-0.2, 0) is 58.6 Å².